The van der Waals surface area contributed by atoms with Gasteiger partial charge in [0.1, 0.15) is 5.82 Å². The molecule has 0 aliphatic heterocycles. The van der Waals surface area contributed by atoms with Crippen LogP contribution in [-0.4, -0.2) is 10.9 Å². The van der Waals surface area contributed by atoms with Crippen LogP contribution in [0.5, 0.6) is 0 Å². The Morgan fingerprint density at radius 2 is 2.06 bits per heavy atom. The van der Waals surface area contributed by atoms with Crippen LogP contribution in [0.15, 0.2) is 42.6 Å². The van der Waals surface area contributed by atoms with Gasteiger partial charge in [-0.25, -0.2) is 9.37 Å². The molecule has 1 amide bonds. The summed E-state index contributed by atoms with van der Waals surface area (Å²) in [5.74, 6) is -1.38. The van der Waals surface area contributed by atoms with Gasteiger partial charge in [-0.2, -0.15) is 4.39 Å². The summed E-state index contributed by atoms with van der Waals surface area (Å²) in [7, 11) is 0. The van der Waals surface area contributed by atoms with Crippen molar-refractivity contribution in [2.75, 3.05) is 0 Å². The highest BCUT2D eigenvalue weighted by atomic mass is 19.1. The molecule has 0 atom stereocenters. The van der Waals surface area contributed by atoms with Gasteiger partial charge in [0, 0.05) is 12.7 Å². The van der Waals surface area contributed by atoms with Crippen LogP contribution < -0.4 is 5.32 Å². The SMILES string of the molecule is O=C(NCc1cccc(F)c1)c1ccc(F)nc1. The van der Waals surface area contributed by atoms with E-state index in [2.05, 4.69) is 10.3 Å². The Morgan fingerprint density at radius 3 is 2.72 bits per heavy atom. The molecule has 0 spiro atoms. The van der Waals surface area contributed by atoms with Gasteiger partial charge in [0.25, 0.3) is 5.91 Å². The monoisotopic (exact) mass is 248 g/mol. The van der Waals surface area contributed by atoms with Gasteiger partial charge in [-0.1, -0.05) is 12.1 Å². The van der Waals surface area contributed by atoms with Crippen LogP contribution in [0.25, 0.3) is 0 Å². The van der Waals surface area contributed by atoms with Crippen LogP contribution >= 0.6 is 0 Å². The van der Waals surface area contributed by atoms with Crippen LogP contribution in [0.3, 0.4) is 0 Å². The number of carbonyl (C=O) groups is 1. The molecule has 0 unspecified atom stereocenters. The van der Waals surface area contributed by atoms with Crippen molar-refractivity contribution < 1.29 is 13.6 Å². The Hall–Kier alpha value is -2.30. The van der Waals surface area contributed by atoms with Crippen molar-refractivity contribution in [1.29, 1.82) is 0 Å². The highest BCUT2D eigenvalue weighted by molar-refractivity contribution is 5.93. The van der Waals surface area contributed by atoms with E-state index in [9.17, 15) is 13.6 Å². The summed E-state index contributed by atoms with van der Waals surface area (Å²) in [6, 6.07) is 8.38. The molecule has 92 valence electrons. The van der Waals surface area contributed by atoms with E-state index in [1.54, 1.807) is 12.1 Å². The van der Waals surface area contributed by atoms with Crippen LogP contribution in [0, 0.1) is 11.8 Å². The molecule has 5 heteroatoms. The Balaban J connectivity index is 1.98. The minimum atomic E-state index is -0.642. The first-order valence-electron chi connectivity index (χ1n) is 5.29. The van der Waals surface area contributed by atoms with Crippen molar-refractivity contribution in [1.82, 2.24) is 10.3 Å². The lowest BCUT2D eigenvalue weighted by Gasteiger charge is -2.05. The van der Waals surface area contributed by atoms with Gasteiger partial charge in [-0.15, -0.1) is 0 Å². The number of benzene rings is 1. The lowest BCUT2D eigenvalue weighted by Crippen LogP contribution is -2.23. The first kappa shape index (κ1) is 12.2. The van der Waals surface area contributed by atoms with Gasteiger partial charge in [0.05, 0.1) is 5.56 Å². The molecule has 1 N–H and O–H groups in total. The largest absolute Gasteiger partial charge is 0.348 e. The molecule has 18 heavy (non-hydrogen) atoms. The summed E-state index contributed by atoms with van der Waals surface area (Å²) < 4.78 is 25.5. The fourth-order valence-corrected chi connectivity index (χ4v) is 1.44. The van der Waals surface area contributed by atoms with Crippen molar-refractivity contribution in [3.05, 3.63) is 65.5 Å². The third-order valence-corrected chi connectivity index (χ3v) is 2.33. The first-order valence-corrected chi connectivity index (χ1v) is 5.29. The number of amides is 1. The molecular weight excluding hydrogens is 238 g/mol. The topological polar surface area (TPSA) is 42.0 Å². The van der Waals surface area contributed by atoms with Gasteiger partial charge in [-0.3, -0.25) is 4.79 Å². The number of carbonyl (C=O) groups excluding carboxylic acids is 1. The van der Waals surface area contributed by atoms with Crippen LogP contribution in [0.4, 0.5) is 8.78 Å². The third-order valence-electron chi connectivity index (χ3n) is 2.33. The fraction of sp³-hybridized carbons (Fsp3) is 0.0769. The number of rotatable bonds is 3. The molecule has 0 fully saturated rings. The second-order valence-electron chi connectivity index (χ2n) is 3.68. The van der Waals surface area contributed by atoms with E-state index >= 15 is 0 Å². The predicted octanol–water partition coefficient (Wildman–Crippen LogP) is 2.29. The summed E-state index contributed by atoms with van der Waals surface area (Å²) >= 11 is 0. The number of hydrogen-bond acceptors (Lipinski definition) is 2. The number of nitrogens with zero attached hydrogens (tertiary/aromatic N) is 1. The van der Waals surface area contributed by atoms with E-state index in [0.717, 1.165) is 12.3 Å². The number of hydrogen-bond donors (Lipinski definition) is 1. The van der Waals surface area contributed by atoms with Gasteiger partial charge in [-0.05, 0) is 29.8 Å². The standard InChI is InChI=1S/C13H10F2N2O/c14-11-3-1-2-9(6-11)7-17-13(18)10-4-5-12(15)16-8-10/h1-6,8H,7H2,(H,17,18). The minimum Gasteiger partial charge on any atom is -0.348 e. The maximum atomic E-state index is 12.9. The number of nitrogens with one attached hydrogen (secondary N) is 1. The van der Waals surface area contributed by atoms with Gasteiger partial charge < -0.3 is 5.32 Å². The molecule has 0 bridgehead atoms. The molecule has 1 aromatic carbocycles. The summed E-state index contributed by atoms with van der Waals surface area (Å²) in [5.41, 5.74) is 0.909. The summed E-state index contributed by atoms with van der Waals surface area (Å²) in [4.78, 5) is 15.0. The van der Waals surface area contributed by atoms with Crippen molar-refractivity contribution >= 4 is 5.91 Å². The molecular formula is C13H10F2N2O. The van der Waals surface area contributed by atoms with Gasteiger partial charge in [0.15, 0.2) is 0 Å². The molecule has 2 aromatic rings. The zero-order valence-corrected chi connectivity index (χ0v) is 9.36. The quantitative estimate of drug-likeness (QED) is 0.847. The van der Waals surface area contributed by atoms with Crippen LogP contribution in [0.1, 0.15) is 15.9 Å². The Bertz CT molecular complexity index is 555. The van der Waals surface area contributed by atoms with Gasteiger partial charge in [0.2, 0.25) is 5.95 Å². The molecule has 0 radical (unpaired) electrons. The zero-order chi connectivity index (χ0) is 13.0. The van der Waals surface area contributed by atoms with E-state index in [1.807, 2.05) is 0 Å². The van der Waals surface area contributed by atoms with Crippen molar-refractivity contribution in [3.63, 3.8) is 0 Å². The molecule has 0 aliphatic rings. The fourth-order valence-electron chi connectivity index (χ4n) is 1.44. The second-order valence-corrected chi connectivity index (χ2v) is 3.68. The maximum absolute atomic E-state index is 12.9. The smallest absolute Gasteiger partial charge is 0.253 e. The molecule has 1 heterocycles. The summed E-state index contributed by atoms with van der Waals surface area (Å²) in [5, 5.41) is 2.59. The average Bonchev–Trinajstić information content (AvgIpc) is 2.37. The van der Waals surface area contributed by atoms with Crippen LogP contribution in [0.2, 0.25) is 0 Å². The summed E-state index contributed by atoms with van der Waals surface area (Å²) in [6.07, 6.45) is 1.15. The van der Waals surface area contributed by atoms with E-state index in [1.165, 1.54) is 18.2 Å². The predicted molar refractivity (Wildman–Crippen MR) is 61.8 cm³/mol. The Morgan fingerprint density at radius 1 is 1.22 bits per heavy atom. The molecule has 0 aliphatic carbocycles. The molecule has 3 nitrogen and oxygen atoms in total. The second kappa shape index (κ2) is 5.35. The molecule has 2 rings (SSSR count). The van der Waals surface area contributed by atoms with Crippen molar-refractivity contribution in [2.24, 2.45) is 0 Å². The molecule has 0 saturated heterocycles. The van der Waals surface area contributed by atoms with Gasteiger partial charge >= 0.3 is 0 Å². The van der Waals surface area contributed by atoms with E-state index in [0.29, 0.717) is 5.56 Å². The van der Waals surface area contributed by atoms with Crippen molar-refractivity contribution in [3.8, 4) is 0 Å². The van der Waals surface area contributed by atoms with E-state index in [4.69, 9.17) is 0 Å². The third kappa shape index (κ3) is 3.10. The van der Waals surface area contributed by atoms with E-state index in [-0.39, 0.29) is 23.8 Å². The number of halogens is 2. The highest BCUT2D eigenvalue weighted by Crippen LogP contribution is 2.04. The van der Waals surface area contributed by atoms with Crippen molar-refractivity contribution in [2.45, 2.75) is 6.54 Å². The number of aromatic nitrogens is 1. The minimum absolute atomic E-state index is 0.202. The first-order chi connectivity index (χ1) is 8.65. The lowest BCUT2D eigenvalue weighted by atomic mass is 10.2. The molecule has 1 aromatic heterocycles. The lowest BCUT2D eigenvalue weighted by molar-refractivity contribution is 0.0950. The Labute approximate surface area is 102 Å². The Kier molecular flexibility index (Phi) is 3.62. The number of pyridine rings is 1. The summed E-state index contributed by atoms with van der Waals surface area (Å²) in [6.45, 7) is 0.202. The van der Waals surface area contributed by atoms with Crippen LogP contribution in [-0.2, 0) is 6.54 Å². The average molecular weight is 248 g/mol. The highest BCUT2D eigenvalue weighted by Gasteiger charge is 2.06. The molecule has 0 saturated carbocycles. The van der Waals surface area contributed by atoms with E-state index < -0.39 is 5.95 Å². The zero-order valence-electron chi connectivity index (χ0n) is 9.36. The maximum Gasteiger partial charge on any atom is 0.253 e. The normalized spacial score (nSPS) is 10.1.